The van der Waals surface area contributed by atoms with E-state index in [1.54, 1.807) is 6.21 Å². The number of nitrogens with one attached hydrogen (secondary N) is 2. The van der Waals surface area contributed by atoms with Crippen molar-refractivity contribution in [1.82, 2.24) is 10.2 Å². The fourth-order valence-corrected chi connectivity index (χ4v) is 1.84. The van der Waals surface area contributed by atoms with Crippen molar-refractivity contribution in [3.8, 4) is 0 Å². The molecule has 21 heavy (non-hydrogen) atoms. The first-order chi connectivity index (χ1) is 9.88. The van der Waals surface area contributed by atoms with Gasteiger partial charge in [0.25, 0.3) is 5.56 Å². The summed E-state index contributed by atoms with van der Waals surface area (Å²) < 4.78 is 0. The molecule has 0 radical (unpaired) electrons. The Morgan fingerprint density at radius 2 is 1.95 bits per heavy atom. The highest BCUT2D eigenvalue weighted by atomic mass is 35.5. The van der Waals surface area contributed by atoms with Gasteiger partial charge < -0.3 is 0 Å². The van der Waals surface area contributed by atoms with Gasteiger partial charge in [0.1, 0.15) is 10.7 Å². The van der Waals surface area contributed by atoms with Crippen LogP contribution in [0.3, 0.4) is 0 Å². The molecule has 0 atom stereocenters. The zero-order chi connectivity index (χ0) is 15.5. The Kier molecular flexibility index (Phi) is 4.43. The van der Waals surface area contributed by atoms with E-state index in [9.17, 15) is 4.79 Å². The van der Waals surface area contributed by atoms with Crippen LogP contribution >= 0.6 is 11.6 Å². The summed E-state index contributed by atoms with van der Waals surface area (Å²) in [6.45, 7) is 6.50. The van der Waals surface area contributed by atoms with Crippen molar-refractivity contribution in [2.75, 3.05) is 5.43 Å². The average Bonchev–Trinajstić information content (AvgIpc) is 2.43. The molecule has 0 aliphatic heterocycles. The molecule has 2 aromatic rings. The molecule has 1 aromatic carbocycles. The number of hydrogen-bond donors (Lipinski definition) is 2. The lowest BCUT2D eigenvalue weighted by molar-refractivity contribution is 0.590. The summed E-state index contributed by atoms with van der Waals surface area (Å²) >= 11 is 5.83. The van der Waals surface area contributed by atoms with Gasteiger partial charge in [-0.05, 0) is 16.5 Å². The van der Waals surface area contributed by atoms with Crippen LogP contribution in [-0.4, -0.2) is 16.4 Å². The third kappa shape index (κ3) is 3.92. The lowest BCUT2D eigenvalue weighted by Crippen LogP contribution is -2.10. The second-order valence-corrected chi connectivity index (χ2v) is 6.05. The van der Waals surface area contributed by atoms with Crippen LogP contribution in [0.4, 0.5) is 5.69 Å². The number of rotatable bonds is 3. The van der Waals surface area contributed by atoms with Gasteiger partial charge in [0, 0.05) is 0 Å². The smallest absolute Gasteiger partial charge is 0.275 e. The summed E-state index contributed by atoms with van der Waals surface area (Å²) in [6, 6.07) is 8.12. The first-order valence-corrected chi connectivity index (χ1v) is 6.88. The zero-order valence-electron chi connectivity index (χ0n) is 12.1. The van der Waals surface area contributed by atoms with Gasteiger partial charge in [0.05, 0.1) is 12.4 Å². The highest BCUT2D eigenvalue weighted by Crippen LogP contribution is 2.21. The molecule has 0 aliphatic rings. The van der Waals surface area contributed by atoms with Gasteiger partial charge in [-0.25, -0.2) is 5.10 Å². The zero-order valence-corrected chi connectivity index (χ0v) is 12.9. The van der Waals surface area contributed by atoms with Gasteiger partial charge in [-0.2, -0.15) is 10.2 Å². The molecule has 2 N–H and O–H groups in total. The number of halogens is 1. The molecule has 0 aliphatic carbocycles. The number of nitrogens with zero attached hydrogens (tertiary/aromatic N) is 2. The number of H-pyrrole nitrogens is 1. The predicted octanol–water partition coefficient (Wildman–Crippen LogP) is 3.17. The topological polar surface area (TPSA) is 70.1 Å². The van der Waals surface area contributed by atoms with E-state index in [0.29, 0.717) is 5.69 Å². The molecular weight excluding hydrogens is 288 g/mol. The van der Waals surface area contributed by atoms with Crippen LogP contribution in [0.25, 0.3) is 0 Å². The maximum Gasteiger partial charge on any atom is 0.285 e. The Hall–Kier alpha value is -2.14. The Labute approximate surface area is 128 Å². The number of benzene rings is 1. The van der Waals surface area contributed by atoms with Gasteiger partial charge >= 0.3 is 0 Å². The molecule has 6 heteroatoms. The normalized spacial score (nSPS) is 11.8. The predicted molar refractivity (Wildman–Crippen MR) is 86.2 cm³/mol. The maximum atomic E-state index is 11.3. The van der Waals surface area contributed by atoms with E-state index < -0.39 is 5.56 Å². The molecule has 1 aromatic heterocycles. The molecule has 0 unspecified atom stereocenters. The third-order valence-electron chi connectivity index (χ3n) is 2.97. The van der Waals surface area contributed by atoms with E-state index in [1.165, 1.54) is 11.8 Å². The molecule has 0 amide bonds. The van der Waals surface area contributed by atoms with Crippen molar-refractivity contribution >= 4 is 23.5 Å². The maximum absolute atomic E-state index is 11.3. The number of hydrogen-bond acceptors (Lipinski definition) is 4. The van der Waals surface area contributed by atoms with E-state index in [4.69, 9.17) is 11.6 Å². The molecule has 2 rings (SSSR count). The van der Waals surface area contributed by atoms with Crippen LogP contribution in [0.2, 0.25) is 5.02 Å². The van der Waals surface area contributed by atoms with Gasteiger partial charge in [-0.1, -0.05) is 56.6 Å². The third-order valence-corrected chi connectivity index (χ3v) is 3.35. The van der Waals surface area contributed by atoms with Gasteiger partial charge in [-0.3, -0.25) is 10.2 Å². The fraction of sp³-hybridized carbons (Fsp3) is 0.267. The Morgan fingerprint density at radius 1 is 1.29 bits per heavy atom. The van der Waals surface area contributed by atoms with E-state index >= 15 is 0 Å². The molecule has 0 spiro atoms. The van der Waals surface area contributed by atoms with E-state index in [2.05, 4.69) is 53.6 Å². The van der Waals surface area contributed by atoms with Crippen LogP contribution in [0.1, 0.15) is 31.9 Å². The minimum Gasteiger partial charge on any atom is -0.275 e. The second kappa shape index (κ2) is 6.10. The summed E-state index contributed by atoms with van der Waals surface area (Å²) in [7, 11) is 0. The molecule has 5 nitrogen and oxygen atoms in total. The standard InChI is InChI=1S/C15H17ClN4O/c1-15(2,3)11-6-4-10(5-7-11)8-17-19-12-9-18-20-14(21)13(12)16/h4-9H,1-3H3,(H2,19,20,21)/b17-8-. The first-order valence-electron chi connectivity index (χ1n) is 6.51. The molecule has 0 saturated carbocycles. The highest BCUT2D eigenvalue weighted by Gasteiger charge is 2.12. The molecule has 0 fully saturated rings. The minimum atomic E-state index is -0.452. The van der Waals surface area contributed by atoms with Crippen molar-refractivity contribution in [2.45, 2.75) is 26.2 Å². The van der Waals surface area contributed by atoms with Crippen LogP contribution < -0.4 is 11.0 Å². The summed E-state index contributed by atoms with van der Waals surface area (Å²) in [5.74, 6) is 0. The summed E-state index contributed by atoms with van der Waals surface area (Å²) in [5.41, 5.74) is 4.94. The molecule has 0 bridgehead atoms. The van der Waals surface area contributed by atoms with Crippen molar-refractivity contribution in [3.05, 3.63) is 57.0 Å². The summed E-state index contributed by atoms with van der Waals surface area (Å²) in [6.07, 6.45) is 3.06. The largest absolute Gasteiger partial charge is 0.285 e. The Bertz CT molecular complexity index is 699. The van der Waals surface area contributed by atoms with E-state index in [0.717, 1.165) is 5.56 Å². The number of hydrazone groups is 1. The van der Waals surface area contributed by atoms with Crippen molar-refractivity contribution in [1.29, 1.82) is 0 Å². The van der Waals surface area contributed by atoms with Gasteiger partial charge in [0.15, 0.2) is 0 Å². The van der Waals surface area contributed by atoms with E-state index in [-0.39, 0.29) is 10.4 Å². The summed E-state index contributed by atoms with van der Waals surface area (Å²) in [5, 5.41) is 9.98. The van der Waals surface area contributed by atoms with Crippen molar-refractivity contribution in [2.24, 2.45) is 5.10 Å². The SMILES string of the molecule is CC(C)(C)c1ccc(/C=N\Nc2cn[nH]c(=O)c2Cl)cc1. The quantitative estimate of drug-likeness (QED) is 0.676. The Morgan fingerprint density at radius 3 is 2.57 bits per heavy atom. The van der Waals surface area contributed by atoms with E-state index in [1.807, 2.05) is 12.1 Å². The molecular formula is C15H17ClN4O. The van der Waals surface area contributed by atoms with Crippen molar-refractivity contribution in [3.63, 3.8) is 0 Å². The monoisotopic (exact) mass is 304 g/mol. The van der Waals surface area contributed by atoms with Crippen molar-refractivity contribution < 1.29 is 0 Å². The molecule has 0 saturated heterocycles. The summed E-state index contributed by atoms with van der Waals surface area (Å²) in [4.78, 5) is 11.3. The second-order valence-electron chi connectivity index (χ2n) is 5.67. The lowest BCUT2D eigenvalue weighted by atomic mass is 9.87. The van der Waals surface area contributed by atoms with Gasteiger partial charge in [-0.15, -0.1) is 0 Å². The number of anilines is 1. The number of aromatic amines is 1. The minimum absolute atomic E-state index is 0.0326. The average molecular weight is 305 g/mol. The van der Waals surface area contributed by atoms with Gasteiger partial charge in [0.2, 0.25) is 0 Å². The molecule has 110 valence electrons. The highest BCUT2D eigenvalue weighted by molar-refractivity contribution is 6.32. The fourth-order valence-electron chi connectivity index (χ4n) is 1.71. The van der Waals surface area contributed by atoms with Crippen LogP contribution in [-0.2, 0) is 5.41 Å². The first kappa shape index (κ1) is 15.3. The van der Waals surface area contributed by atoms with Crippen LogP contribution in [0.5, 0.6) is 0 Å². The van der Waals surface area contributed by atoms with Crippen LogP contribution in [0, 0.1) is 0 Å². The Balaban J connectivity index is 2.08. The lowest BCUT2D eigenvalue weighted by Gasteiger charge is -2.18. The molecule has 1 heterocycles. The number of aromatic nitrogens is 2. The van der Waals surface area contributed by atoms with Crippen LogP contribution in [0.15, 0.2) is 40.4 Å².